The molecule has 0 atom stereocenters. The first kappa shape index (κ1) is 23.9. The van der Waals surface area contributed by atoms with Crippen LogP contribution in [-0.2, 0) is 27.8 Å². The molecule has 8 nitrogen and oxygen atoms in total. The number of nitrogens with zero attached hydrogens (tertiary/aromatic N) is 3. The third-order valence-electron chi connectivity index (χ3n) is 5.72. The van der Waals surface area contributed by atoms with E-state index in [4.69, 9.17) is 16.1 Å². The first-order chi connectivity index (χ1) is 15.8. The lowest BCUT2D eigenvalue weighted by atomic mass is 9.97. The summed E-state index contributed by atoms with van der Waals surface area (Å²) in [6.07, 6.45) is 1.55. The summed E-state index contributed by atoms with van der Waals surface area (Å²) in [5.41, 5.74) is 0.851. The molecule has 3 aromatic rings. The van der Waals surface area contributed by atoms with Gasteiger partial charge in [0.05, 0.1) is 9.77 Å². The second kappa shape index (κ2) is 9.92. The molecule has 4 rings (SSSR count). The van der Waals surface area contributed by atoms with Gasteiger partial charge in [0.1, 0.15) is 0 Å². The van der Waals surface area contributed by atoms with E-state index in [1.54, 1.807) is 19.1 Å². The molecule has 176 valence electrons. The predicted molar refractivity (Wildman–Crippen MR) is 127 cm³/mol. The van der Waals surface area contributed by atoms with Gasteiger partial charge in [-0.1, -0.05) is 41.9 Å². The quantitative estimate of drug-likeness (QED) is 0.516. The number of thiophene rings is 1. The number of amides is 1. The van der Waals surface area contributed by atoms with Gasteiger partial charge in [-0.15, -0.1) is 11.3 Å². The van der Waals surface area contributed by atoms with Crippen molar-refractivity contribution in [3.8, 4) is 10.7 Å². The van der Waals surface area contributed by atoms with Crippen molar-refractivity contribution in [1.29, 1.82) is 0 Å². The first-order valence-corrected chi connectivity index (χ1v) is 13.4. The number of piperidine rings is 1. The van der Waals surface area contributed by atoms with Crippen LogP contribution in [-0.4, -0.2) is 41.9 Å². The number of sulfonamides is 1. The number of benzene rings is 1. The molecular weight excluding hydrogens is 484 g/mol. The smallest absolute Gasteiger partial charge is 0.244 e. The third kappa shape index (κ3) is 5.13. The van der Waals surface area contributed by atoms with Gasteiger partial charge in [-0.2, -0.15) is 9.29 Å². The Hall–Kier alpha value is -2.27. The lowest BCUT2D eigenvalue weighted by molar-refractivity contribution is -0.126. The fraction of sp³-hybridized carbons (Fsp3) is 0.409. The van der Waals surface area contributed by atoms with Crippen LogP contribution in [0.4, 0.5) is 0 Å². The Balaban J connectivity index is 1.39. The highest BCUT2D eigenvalue weighted by atomic mass is 35.5. The number of hydrogen-bond donors (Lipinski definition) is 1. The van der Waals surface area contributed by atoms with E-state index in [1.807, 2.05) is 25.1 Å². The summed E-state index contributed by atoms with van der Waals surface area (Å²) in [7, 11) is -3.68. The maximum atomic E-state index is 13.3. The molecule has 0 radical (unpaired) electrons. The summed E-state index contributed by atoms with van der Waals surface area (Å²) >= 11 is 7.47. The van der Waals surface area contributed by atoms with E-state index in [0.717, 1.165) is 5.56 Å². The van der Waals surface area contributed by atoms with Crippen molar-refractivity contribution in [1.82, 2.24) is 19.8 Å². The highest BCUT2D eigenvalue weighted by Gasteiger charge is 2.34. The van der Waals surface area contributed by atoms with E-state index in [9.17, 15) is 13.2 Å². The van der Waals surface area contributed by atoms with Gasteiger partial charge in [-0.3, -0.25) is 4.79 Å². The average Bonchev–Trinajstić information content (AvgIpc) is 3.45. The molecule has 2 aromatic heterocycles. The number of hydrogen-bond acceptors (Lipinski definition) is 7. The van der Waals surface area contributed by atoms with Crippen molar-refractivity contribution < 1.29 is 17.7 Å². The summed E-state index contributed by atoms with van der Waals surface area (Å²) in [5.74, 6) is 0.598. The van der Waals surface area contributed by atoms with Crippen LogP contribution in [0.3, 0.4) is 0 Å². The Morgan fingerprint density at radius 1 is 1.30 bits per heavy atom. The molecule has 11 heteroatoms. The topological polar surface area (TPSA) is 105 Å². The molecule has 1 N–H and O–H groups in total. The zero-order valence-electron chi connectivity index (χ0n) is 18.4. The van der Waals surface area contributed by atoms with Gasteiger partial charge in [0.2, 0.25) is 27.6 Å². The number of aromatic nitrogens is 2. The third-order valence-corrected chi connectivity index (χ3v) is 9.29. The standard InChI is InChI=1S/C22H25ClN4O4S2/c1-3-20-25-21(26-31-20)18-12-19(14(2)32-18)33(29,30)27-10-8-15(9-11-27)22(28)24-13-16-6-4-5-7-17(16)23/h4-7,12,15H,3,8-11,13H2,1-2H3,(H,24,28). The van der Waals surface area contributed by atoms with Crippen LogP contribution in [0.5, 0.6) is 0 Å². The number of nitrogens with one attached hydrogen (secondary N) is 1. The first-order valence-electron chi connectivity index (χ1n) is 10.7. The minimum Gasteiger partial charge on any atom is -0.352 e. The maximum Gasteiger partial charge on any atom is 0.244 e. The van der Waals surface area contributed by atoms with Gasteiger partial charge in [-0.05, 0) is 37.5 Å². The highest BCUT2D eigenvalue weighted by molar-refractivity contribution is 7.89. The lowest BCUT2D eigenvalue weighted by Gasteiger charge is -2.30. The summed E-state index contributed by atoms with van der Waals surface area (Å²) in [6.45, 7) is 4.62. The molecule has 1 aromatic carbocycles. The Morgan fingerprint density at radius 2 is 2.03 bits per heavy atom. The second-order valence-electron chi connectivity index (χ2n) is 7.88. The molecule has 33 heavy (non-hydrogen) atoms. The van der Waals surface area contributed by atoms with Crippen LogP contribution in [0.15, 0.2) is 39.8 Å². The maximum absolute atomic E-state index is 13.3. The average molecular weight is 509 g/mol. The molecule has 0 aliphatic carbocycles. The minimum absolute atomic E-state index is 0.0789. The van der Waals surface area contributed by atoms with E-state index in [2.05, 4.69) is 15.5 Å². The van der Waals surface area contributed by atoms with Gasteiger partial charge in [0.25, 0.3) is 0 Å². The molecule has 1 fully saturated rings. The van der Waals surface area contributed by atoms with E-state index >= 15 is 0 Å². The molecule has 1 saturated heterocycles. The van der Waals surface area contributed by atoms with Crippen LogP contribution in [0.25, 0.3) is 10.7 Å². The molecule has 1 aliphatic heterocycles. The Bertz CT molecular complexity index is 1250. The zero-order valence-corrected chi connectivity index (χ0v) is 20.8. The SMILES string of the molecule is CCc1nc(-c2cc(S(=O)(=O)N3CCC(C(=O)NCc4ccccc4Cl)CC3)c(C)s2)no1. The van der Waals surface area contributed by atoms with Gasteiger partial charge in [-0.25, -0.2) is 8.42 Å². The van der Waals surface area contributed by atoms with Crippen LogP contribution in [0, 0.1) is 12.8 Å². The van der Waals surface area contributed by atoms with E-state index < -0.39 is 10.0 Å². The second-order valence-corrected chi connectivity index (χ2v) is 11.5. The fourth-order valence-corrected chi connectivity index (χ4v) is 6.95. The molecular formula is C22H25ClN4O4S2. The van der Waals surface area contributed by atoms with Crippen LogP contribution in [0.1, 0.15) is 36.1 Å². The zero-order chi connectivity index (χ0) is 23.6. The van der Waals surface area contributed by atoms with Crippen molar-refractivity contribution in [2.24, 2.45) is 5.92 Å². The number of rotatable bonds is 7. The lowest BCUT2D eigenvalue weighted by Crippen LogP contribution is -2.42. The van der Waals surface area contributed by atoms with Crippen molar-refractivity contribution in [3.63, 3.8) is 0 Å². The van der Waals surface area contributed by atoms with Crippen molar-refractivity contribution in [2.45, 2.75) is 44.6 Å². The van der Waals surface area contributed by atoms with E-state index in [0.29, 0.717) is 65.4 Å². The summed E-state index contributed by atoms with van der Waals surface area (Å²) < 4.78 is 33.2. The number of halogens is 1. The highest BCUT2D eigenvalue weighted by Crippen LogP contribution is 2.35. The van der Waals surface area contributed by atoms with Crippen molar-refractivity contribution in [3.05, 3.63) is 51.7 Å². The Kier molecular flexibility index (Phi) is 7.18. The Morgan fingerprint density at radius 3 is 2.70 bits per heavy atom. The van der Waals surface area contributed by atoms with E-state index in [1.165, 1.54) is 15.6 Å². The Labute approximate surface area is 202 Å². The van der Waals surface area contributed by atoms with Gasteiger partial charge < -0.3 is 9.84 Å². The molecule has 1 amide bonds. The van der Waals surface area contributed by atoms with Crippen LogP contribution >= 0.6 is 22.9 Å². The molecule has 0 saturated carbocycles. The van der Waals surface area contributed by atoms with Crippen molar-refractivity contribution >= 4 is 38.9 Å². The van der Waals surface area contributed by atoms with Crippen LogP contribution < -0.4 is 5.32 Å². The molecule has 0 unspecified atom stereocenters. The fourth-order valence-electron chi connectivity index (χ4n) is 3.80. The molecule has 0 spiro atoms. The van der Waals surface area contributed by atoms with Gasteiger partial charge in [0, 0.05) is 41.9 Å². The monoisotopic (exact) mass is 508 g/mol. The van der Waals surface area contributed by atoms with Crippen LogP contribution in [0.2, 0.25) is 5.02 Å². The normalized spacial score (nSPS) is 15.6. The van der Waals surface area contributed by atoms with Gasteiger partial charge >= 0.3 is 0 Å². The summed E-state index contributed by atoms with van der Waals surface area (Å²) in [5, 5.41) is 7.47. The van der Waals surface area contributed by atoms with Gasteiger partial charge in [0.15, 0.2) is 0 Å². The number of carbonyl (C=O) groups is 1. The number of aryl methyl sites for hydroxylation is 2. The minimum atomic E-state index is -3.68. The largest absolute Gasteiger partial charge is 0.352 e. The van der Waals surface area contributed by atoms with Crippen molar-refractivity contribution in [2.75, 3.05) is 13.1 Å². The predicted octanol–water partition coefficient (Wildman–Crippen LogP) is 4.04. The summed E-state index contributed by atoms with van der Waals surface area (Å²) in [6, 6.07) is 8.98. The molecule has 1 aliphatic rings. The van der Waals surface area contributed by atoms with E-state index in [-0.39, 0.29) is 16.7 Å². The molecule has 0 bridgehead atoms. The molecule has 3 heterocycles. The summed E-state index contributed by atoms with van der Waals surface area (Å²) in [4.78, 5) is 18.5. The number of carbonyl (C=O) groups excluding carboxylic acids is 1.